The van der Waals surface area contributed by atoms with Crippen molar-refractivity contribution >= 4 is 54.1 Å². The fourth-order valence-electron chi connectivity index (χ4n) is 2.65. The summed E-state index contributed by atoms with van der Waals surface area (Å²) in [5.41, 5.74) is 1.09. The Morgan fingerprint density at radius 1 is 1.28 bits per heavy atom. The number of hydrogen-bond donors (Lipinski definition) is 1. The van der Waals surface area contributed by atoms with Crippen molar-refractivity contribution in [2.45, 2.75) is 0 Å². The van der Waals surface area contributed by atoms with Crippen molar-refractivity contribution in [1.29, 1.82) is 0 Å². The zero-order chi connectivity index (χ0) is 18.4. The van der Waals surface area contributed by atoms with Crippen LogP contribution in [0.15, 0.2) is 40.9 Å². The third kappa shape index (κ3) is 3.63. The zero-order valence-corrected chi connectivity index (χ0v) is 16.1. The first-order valence-electron chi connectivity index (χ1n) is 7.14. The van der Waals surface area contributed by atoms with E-state index in [0.29, 0.717) is 26.0 Å². The van der Waals surface area contributed by atoms with Gasteiger partial charge in [-0.15, -0.1) is 0 Å². The summed E-state index contributed by atoms with van der Waals surface area (Å²) in [4.78, 5) is 15.4. The molecule has 0 bridgehead atoms. The van der Waals surface area contributed by atoms with Gasteiger partial charge in [0.2, 0.25) is 0 Å². The predicted octanol–water partition coefficient (Wildman–Crippen LogP) is 4.62. The van der Waals surface area contributed by atoms with Crippen LogP contribution in [0.3, 0.4) is 0 Å². The van der Waals surface area contributed by atoms with Crippen LogP contribution in [0.2, 0.25) is 5.02 Å². The van der Waals surface area contributed by atoms with Gasteiger partial charge in [0, 0.05) is 32.8 Å². The van der Waals surface area contributed by atoms with E-state index in [2.05, 4.69) is 20.9 Å². The number of halogens is 3. The first kappa shape index (κ1) is 18.1. The van der Waals surface area contributed by atoms with E-state index in [0.717, 1.165) is 6.26 Å². The Kier molecular flexibility index (Phi) is 4.74. The van der Waals surface area contributed by atoms with Gasteiger partial charge in [0.15, 0.2) is 15.6 Å². The molecule has 3 rings (SSSR count). The van der Waals surface area contributed by atoms with Crippen LogP contribution in [-0.4, -0.2) is 31.2 Å². The SMILES string of the molecule is CS(=O)(=O)CC(=O)c1[nH]c2cc(Br)c(Cl)cc2c1-c1ccccc1F. The summed E-state index contributed by atoms with van der Waals surface area (Å²) in [5, 5.41) is 0.932. The molecule has 0 aliphatic heterocycles. The molecule has 25 heavy (non-hydrogen) atoms. The number of carbonyl (C=O) groups is 1. The van der Waals surface area contributed by atoms with E-state index in [1.165, 1.54) is 18.2 Å². The van der Waals surface area contributed by atoms with Gasteiger partial charge >= 0.3 is 0 Å². The van der Waals surface area contributed by atoms with Crippen LogP contribution >= 0.6 is 27.5 Å². The molecule has 3 aromatic rings. The van der Waals surface area contributed by atoms with Gasteiger partial charge in [-0.25, -0.2) is 12.8 Å². The van der Waals surface area contributed by atoms with Gasteiger partial charge < -0.3 is 4.98 Å². The lowest BCUT2D eigenvalue weighted by Crippen LogP contribution is -2.15. The number of H-pyrrole nitrogens is 1. The molecule has 0 aliphatic carbocycles. The second-order valence-corrected chi connectivity index (χ2v) is 9.06. The molecule has 1 heterocycles. The standard InChI is InChI=1S/C17H12BrClFNO3S/c1-25(23,24)8-15(22)17-16(9-4-2-3-5-13(9)20)10-6-12(19)11(18)7-14(10)21-17/h2-7,21H,8H2,1H3. The quantitative estimate of drug-likeness (QED) is 0.597. The van der Waals surface area contributed by atoms with Crippen molar-refractivity contribution in [3.63, 3.8) is 0 Å². The molecule has 130 valence electrons. The summed E-state index contributed by atoms with van der Waals surface area (Å²) in [6.45, 7) is 0. The number of aromatic amines is 1. The maximum absolute atomic E-state index is 14.4. The molecule has 0 radical (unpaired) electrons. The number of hydrogen-bond acceptors (Lipinski definition) is 3. The second-order valence-electron chi connectivity index (χ2n) is 5.66. The number of rotatable bonds is 4. The number of benzene rings is 2. The molecule has 4 nitrogen and oxygen atoms in total. The Morgan fingerprint density at radius 2 is 1.96 bits per heavy atom. The van der Waals surface area contributed by atoms with Gasteiger partial charge in [-0.05, 0) is 34.1 Å². The molecule has 1 N–H and O–H groups in total. The highest BCUT2D eigenvalue weighted by Gasteiger charge is 2.24. The van der Waals surface area contributed by atoms with Crippen LogP contribution in [0.25, 0.3) is 22.0 Å². The Balaban J connectivity index is 2.34. The minimum atomic E-state index is -3.53. The first-order valence-corrected chi connectivity index (χ1v) is 10.4. The molecule has 0 atom stereocenters. The minimum absolute atomic E-state index is 0.0414. The molecule has 8 heteroatoms. The molecule has 0 aliphatic rings. The van der Waals surface area contributed by atoms with E-state index in [4.69, 9.17) is 11.6 Å². The summed E-state index contributed by atoms with van der Waals surface area (Å²) in [7, 11) is -3.53. The highest BCUT2D eigenvalue weighted by Crippen LogP contribution is 2.38. The summed E-state index contributed by atoms with van der Waals surface area (Å²) < 4.78 is 38.0. The summed E-state index contributed by atoms with van der Waals surface area (Å²) >= 11 is 9.45. The Morgan fingerprint density at radius 3 is 2.60 bits per heavy atom. The van der Waals surface area contributed by atoms with Crippen LogP contribution in [0, 0.1) is 5.82 Å². The molecule has 0 amide bonds. The fraction of sp³-hybridized carbons (Fsp3) is 0.118. The Hall–Kier alpha value is -1.70. The highest BCUT2D eigenvalue weighted by atomic mass is 79.9. The molecule has 0 unspecified atom stereocenters. The van der Waals surface area contributed by atoms with Crippen molar-refractivity contribution < 1.29 is 17.6 Å². The first-order chi connectivity index (χ1) is 11.7. The summed E-state index contributed by atoms with van der Waals surface area (Å²) in [6.07, 6.45) is 0.976. The second kappa shape index (κ2) is 6.55. The third-order valence-corrected chi connectivity index (χ3v) is 5.64. The van der Waals surface area contributed by atoms with Crippen molar-refractivity contribution in [3.05, 3.63) is 57.4 Å². The van der Waals surface area contributed by atoms with E-state index in [-0.39, 0.29) is 11.3 Å². The number of Topliss-reactive ketones (excluding diaryl/α,β-unsaturated/α-hetero) is 1. The smallest absolute Gasteiger partial charge is 0.194 e. The number of nitrogens with one attached hydrogen (secondary N) is 1. The van der Waals surface area contributed by atoms with Crippen molar-refractivity contribution in [2.75, 3.05) is 12.0 Å². The lowest BCUT2D eigenvalue weighted by Gasteiger charge is -2.06. The molecule has 0 saturated heterocycles. The third-order valence-electron chi connectivity index (χ3n) is 3.65. The Labute approximate surface area is 157 Å². The van der Waals surface area contributed by atoms with E-state index in [1.54, 1.807) is 18.2 Å². The van der Waals surface area contributed by atoms with E-state index in [1.807, 2.05) is 0 Å². The van der Waals surface area contributed by atoms with Crippen LogP contribution in [0.1, 0.15) is 10.5 Å². The van der Waals surface area contributed by atoms with Gasteiger partial charge in [0.25, 0.3) is 0 Å². The Bertz CT molecular complexity index is 1110. The molecule has 0 saturated carbocycles. The van der Waals surface area contributed by atoms with Crippen LogP contribution in [0.5, 0.6) is 0 Å². The number of carbonyl (C=O) groups excluding carboxylic acids is 1. The van der Waals surface area contributed by atoms with Crippen LogP contribution in [0.4, 0.5) is 4.39 Å². The maximum Gasteiger partial charge on any atom is 0.194 e. The van der Waals surface area contributed by atoms with Gasteiger partial charge in [0.1, 0.15) is 11.6 Å². The summed E-state index contributed by atoms with van der Waals surface area (Å²) in [5.74, 6) is -1.82. The van der Waals surface area contributed by atoms with E-state index in [9.17, 15) is 17.6 Å². The van der Waals surface area contributed by atoms with Gasteiger partial charge in [-0.1, -0.05) is 29.8 Å². The monoisotopic (exact) mass is 443 g/mol. The summed E-state index contributed by atoms with van der Waals surface area (Å²) in [6, 6.07) is 9.26. The molecule has 1 aromatic heterocycles. The van der Waals surface area contributed by atoms with Gasteiger partial charge in [0.05, 0.1) is 10.7 Å². The minimum Gasteiger partial charge on any atom is -0.352 e. The average Bonchev–Trinajstić information content (AvgIpc) is 2.85. The van der Waals surface area contributed by atoms with E-state index >= 15 is 0 Å². The molecular formula is C17H12BrClFNO3S. The van der Waals surface area contributed by atoms with Crippen LogP contribution in [-0.2, 0) is 9.84 Å². The zero-order valence-electron chi connectivity index (χ0n) is 12.9. The number of aromatic nitrogens is 1. The van der Waals surface area contributed by atoms with Gasteiger partial charge in [-0.2, -0.15) is 0 Å². The largest absolute Gasteiger partial charge is 0.352 e. The lowest BCUT2D eigenvalue weighted by atomic mass is 10.00. The maximum atomic E-state index is 14.4. The van der Waals surface area contributed by atoms with E-state index < -0.39 is 27.2 Å². The fourth-order valence-corrected chi connectivity index (χ4v) is 3.78. The average molecular weight is 445 g/mol. The molecule has 0 fully saturated rings. The normalized spacial score (nSPS) is 11.8. The highest BCUT2D eigenvalue weighted by molar-refractivity contribution is 9.10. The van der Waals surface area contributed by atoms with Crippen molar-refractivity contribution in [2.24, 2.45) is 0 Å². The number of ketones is 1. The number of fused-ring (bicyclic) bond motifs is 1. The number of sulfone groups is 1. The van der Waals surface area contributed by atoms with Gasteiger partial charge in [-0.3, -0.25) is 4.79 Å². The molecule has 0 spiro atoms. The van der Waals surface area contributed by atoms with Crippen molar-refractivity contribution in [3.8, 4) is 11.1 Å². The lowest BCUT2D eigenvalue weighted by molar-refractivity contribution is 0.101. The van der Waals surface area contributed by atoms with Crippen LogP contribution < -0.4 is 0 Å². The topological polar surface area (TPSA) is 67.0 Å². The van der Waals surface area contributed by atoms with Crippen molar-refractivity contribution in [1.82, 2.24) is 4.98 Å². The molecule has 2 aromatic carbocycles. The predicted molar refractivity (Wildman–Crippen MR) is 100 cm³/mol. The molecular weight excluding hydrogens is 433 g/mol.